The molecule has 0 saturated heterocycles. The van der Waals surface area contributed by atoms with Crippen LogP contribution in [0.25, 0.3) is 0 Å². The van der Waals surface area contributed by atoms with Crippen molar-refractivity contribution in [3.63, 3.8) is 0 Å². The van der Waals surface area contributed by atoms with Crippen molar-refractivity contribution in [2.75, 3.05) is 0 Å². The first kappa shape index (κ1) is 14.9. The molecular weight excluding hydrogens is 293 g/mol. The second kappa shape index (κ2) is 5.88. The molecule has 0 saturated carbocycles. The van der Waals surface area contributed by atoms with E-state index in [0.29, 0.717) is 29.8 Å². The lowest BCUT2D eigenvalue weighted by Crippen LogP contribution is -2.20. The lowest BCUT2D eigenvalue weighted by atomic mass is 10.2. The molecule has 1 N–H and O–H groups in total. The minimum absolute atomic E-state index is 0.275. The van der Waals surface area contributed by atoms with Crippen molar-refractivity contribution in [1.29, 1.82) is 0 Å². The number of rotatable bonds is 5. The van der Waals surface area contributed by atoms with Crippen molar-refractivity contribution in [3.05, 3.63) is 27.9 Å². The third-order valence-electron chi connectivity index (χ3n) is 2.59. The Morgan fingerprint density at radius 1 is 1.40 bits per heavy atom. The van der Waals surface area contributed by atoms with Gasteiger partial charge in [0.1, 0.15) is 5.01 Å². The Bertz CT molecular complexity index is 566. The maximum absolute atomic E-state index is 12.5. The standard InChI is InChI=1S/C11H13F3N4OS/c1-3-7(15-4-9-18-17-6(2)19-9)10-16-8(5-20-10)11(12,13)14/h5,7,15H,3-4H2,1-2H3/t7-/m0/s1. The van der Waals surface area contributed by atoms with Gasteiger partial charge in [0.15, 0.2) is 5.69 Å². The molecule has 0 radical (unpaired) electrons. The number of thiazole rings is 1. The van der Waals surface area contributed by atoms with Crippen LogP contribution in [0.15, 0.2) is 9.80 Å². The molecule has 2 aromatic heterocycles. The smallest absolute Gasteiger partial charge is 0.424 e. The third-order valence-corrected chi connectivity index (χ3v) is 3.54. The highest BCUT2D eigenvalue weighted by atomic mass is 32.1. The summed E-state index contributed by atoms with van der Waals surface area (Å²) in [5.74, 6) is 0.844. The van der Waals surface area contributed by atoms with Gasteiger partial charge >= 0.3 is 6.18 Å². The van der Waals surface area contributed by atoms with Gasteiger partial charge in [-0.25, -0.2) is 4.98 Å². The quantitative estimate of drug-likeness (QED) is 0.919. The van der Waals surface area contributed by atoms with Crippen LogP contribution >= 0.6 is 11.3 Å². The Kier molecular flexibility index (Phi) is 4.39. The van der Waals surface area contributed by atoms with Gasteiger partial charge in [-0.2, -0.15) is 13.2 Å². The average Bonchev–Trinajstić information content (AvgIpc) is 2.99. The van der Waals surface area contributed by atoms with Gasteiger partial charge in [0.25, 0.3) is 0 Å². The first-order valence-electron chi connectivity index (χ1n) is 5.95. The maximum Gasteiger partial charge on any atom is 0.434 e. The van der Waals surface area contributed by atoms with Crippen LogP contribution in [0.1, 0.15) is 41.9 Å². The topological polar surface area (TPSA) is 63.8 Å². The fourth-order valence-corrected chi connectivity index (χ4v) is 2.59. The van der Waals surface area contributed by atoms with Crippen LogP contribution in [0.3, 0.4) is 0 Å². The summed E-state index contributed by atoms with van der Waals surface area (Å²) in [5, 5.41) is 12.0. The summed E-state index contributed by atoms with van der Waals surface area (Å²) in [4.78, 5) is 3.63. The Labute approximate surface area is 117 Å². The molecule has 2 rings (SSSR count). The van der Waals surface area contributed by atoms with E-state index in [4.69, 9.17) is 4.42 Å². The molecule has 110 valence electrons. The predicted octanol–water partition coefficient (Wildman–Crippen LogP) is 3.09. The van der Waals surface area contributed by atoms with Crippen molar-refractivity contribution in [3.8, 4) is 0 Å². The summed E-state index contributed by atoms with van der Waals surface area (Å²) in [6.45, 7) is 3.83. The molecule has 5 nitrogen and oxygen atoms in total. The van der Waals surface area contributed by atoms with Crippen molar-refractivity contribution in [2.45, 2.75) is 39.0 Å². The van der Waals surface area contributed by atoms with E-state index in [1.165, 1.54) is 0 Å². The summed E-state index contributed by atoms with van der Waals surface area (Å²) in [6, 6.07) is -0.275. The van der Waals surface area contributed by atoms with Gasteiger partial charge < -0.3 is 4.42 Å². The SMILES string of the molecule is CC[C@H](NCc1nnc(C)o1)c1nc(C(F)(F)F)cs1. The predicted molar refractivity (Wildman–Crippen MR) is 66.0 cm³/mol. The van der Waals surface area contributed by atoms with E-state index >= 15 is 0 Å². The molecule has 0 aromatic carbocycles. The Hall–Kier alpha value is -1.48. The van der Waals surface area contributed by atoms with Crippen LogP contribution in [0.5, 0.6) is 0 Å². The summed E-state index contributed by atoms with van der Waals surface area (Å²) in [6.07, 6.45) is -3.80. The molecule has 0 aliphatic carbocycles. The first-order valence-corrected chi connectivity index (χ1v) is 6.83. The zero-order chi connectivity index (χ0) is 14.8. The average molecular weight is 306 g/mol. The van der Waals surface area contributed by atoms with Crippen molar-refractivity contribution in [1.82, 2.24) is 20.5 Å². The minimum Gasteiger partial charge on any atom is -0.424 e. The molecule has 20 heavy (non-hydrogen) atoms. The van der Waals surface area contributed by atoms with Gasteiger partial charge in [0.05, 0.1) is 12.6 Å². The second-order valence-electron chi connectivity index (χ2n) is 4.13. The van der Waals surface area contributed by atoms with Crippen LogP contribution in [0, 0.1) is 6.92 Å². The van der Waals surface area contributed by atoms with Crippen LogP contribution in [0.2, 0.25) is 0 Å². The molecular formula is C11H13F3N4OS. The number of nitrogens with one attached hydrogen (secondary N) is 1. The molecule has 2 aromatic rings. The first-order chi connectivity index (χ1) is 9.40. The van der Waals surface area contributed by atoms with Crippen LogP contribution in [-0.2, 0) is 12.7 Å². The van der Waals surface area contributed by atoms with E-state index in [2.05, 4.69) is 20.5 Å². The normalized spacial score (nSPS) is 13.7. The van der Waals surface area contributed by atoms with Crippen LogP contribution in [-0.4, -0.2) is 15.2 Å². The second-order valence-corrected chi connectivity index (χ2v) is 5.01. The van der Waals surface area contributed by atoms with E-state index in [9.17, 15) is 13.2 Å². The van der Waals surface area contributed by atoms with Gasteiger partial charge in [0, 0.05) is 12.3 Å². The zero-order valence-corrected chi connectivity index (χ0v) is 11.7. The molecule has 0 spiro atoms. The van der Waals surface area contributed by atoms with E-state index in [0.717, 1.165) is 16.7 Å². The van der Waals surface area contributed by atoms with Gasteiger partial charge in [-0.1, -0.05) is 6.92 Å². The Balaban J connectivity index is 2.03. The molecule has 9 heteroatoms. The molecule has 0 bridgehead atoms. The number of hydrogen-bond acceptors (Lipinski definition) is 6. The van der Waals surface area contributed by atoms with Gasteiger partial charge in [-0.05, 0) is 6.42 Å². The van der Waals surface area contributed by atoms with Gasteiger partial charge in [-0.3, -0.25) is 5.32 Å². The summed E-state index contributed by atoms with van der Waals surface area (Å²) < 4.78 is 42.7. The molecule has 0 unspecified atom stereocenters. The number of aryl methyl sites for hydroxylation is 1. The lowest BCUT2D eigenvalue weighted by molar-refractivity contribution is -0.140. The number of nitrogens with zero attached hydrogens (tertiary/aromatic N) is 3. The molecule has 1 atom stereocenters. The zero-order valence-electron chi connectivity index (χ0n) is 10.9. The summed E-state index contributed by atoms with van der Waals surface area (Å²) >= 11 is 0.989. The highest BCUT2D eigenvalue weighted by molar-refractivity contribution is 7.09. The fourth-order valence-electron chi connectivity index (χ4n) is 1.60. The molecule has 0 aliphatic rings. The highest BCUT2D eigenvalue weighted by Gasteiger charge is 2.34. The number of alkyl halides is 3. The molecule has 2 heterocycles. The number of hydrogen-bond donors (Lipinski definition) is 1. The van der Waals surface area contributed by atoms with Crippen molar-refractivity contribution >= 4 is 11.3 Å². The third kappa shape index (κ3) is 3.54. The number of halogens is 3. The highest BCUT2D eigenvalue weighted by Crippen LogP contribution is 2.32. The van der Waals surface area contributed by atoms with E-state index < -0.39 is 11.9 Å². The fraction of sp³-hybridized carbons (Fsp3) is 0.545. The minimum atomic E-state index is -4.41. The van der Waals surface area contributed by atoms with E-state index in [1.807, 2.05) is 6.92 Å². The van der Waals surface area contributed by atoms with E-state index in [1.54, 1.807) is 6.92 Å². The van der Waals surface area contributed by atoms with E-state index in [-0.39, 0.29) is 6.04 Å². The van der Waals surface area contributed by atoms with Crippen LogP contribution < -0.4 is 5.32 Å². The van der Waals surface area contributed by atoms with Crippen molar-refractivity contribution < 1.29 is 17.6 Å². The Morgan fingerprint density at radius 3 is 2.65 bits per heavy atom. The molecule has 0 aliphatic heterocycles. The van der Waals surface area contributed by atoms with Crippen LogP contribution in [0.4, 0.5) is 13.2 Å². The monoisotopic (exact) mass is 306 g/mol. The van der Waals surface area contributed by atoms with Gasteiger partial charge in [0.2, 0.25) is 11.8 Å². The summed E-state index contributed by atoms with van der Waals surface area (Å²) in [7, 11) is 0. The number of aromatic nitrogens is 3. The lowest BCUT2D eigenvalue weighted by Gasteiger charge is -2.12. The molecule has 0 amide bonds. The summed E-state index contributed by atoms with van der Waals surface area (Å²) in [5.41, 5.74) is -0.855. The Morgan fingerprint density at radius 2 is 2.15 bits per heavy atom. The van der Waals surface area contributed by atoms with Crippen molar-refractivity contribution in [2.24, 2.45) is 0 Å². The van der Waals surface area contributed by atoms with Gasteiger partial charge in [-0.15, -0.1) is 21.5 Å². The molecule has 0 fully saturated rings. The largest absolute Gasteiger partial charge is 0.434 e. The maximum atomic E-state index is 12.5.